The van der Waals surface area contributed by atoms with E-state index in [0.717, 1.165) is 11.3 Å². The molecule has 2 aromatic rings. The number of rotatable bonds is 3. The number of piperidine rings is 1. The molecule has 1 heterocycles. The Hall–Kier alpha value is -3.35. The van der Waals surface area contributed by atoms with E-state index in [0.29, 0.717) is 31.5 Å². The van der Waals surface area contributed by atoms with Crippen LogP contribution in [0.15, 0.2) is 54.6 Å². The van der Waals surface area contributed by atoms with Crippen molar-refractivity contribution < 1.29 is 14.4 Å². The lowest BCUT2D eigenvalue weighted by Crippen LogP contribution is -2.51. The molecule has 146 valence electrons. The van der Waals surface area contributed by atoms with E-state index in [1.54, 1.807) is 17.0 Å². The van der Waals surface area contributed by atoms with Gasteiger partial charge in [0.1, 0.15) is 0 Å². The van der Waals surface area contributed by atoms with Gasteiger partial charge in [0.15, 0.2) is 0 Å². The number of likely N-dealkylation sites (tertiary alicyclic amines) is 1. The minimum Gasteiger partial charge on any atom is -0.326 e. The normalized spacial score (nSPS) is 14.2. The zero-order valence-corrected chi connectivity index (χ0v) is 15.8. The second-order valence-electron chi connectivity index (χ2n) is 6.87. The van der Waals surface area contributed by atoms with Crippen molar-refractivity contribution in [3.8, 4) is 0 Å². The number of nitrogens with one attached hydrogen (secondary N) is 3. The van der Waals surface area contributed by atoms with Crippen molar-refractivity contribution in [2.24, 2.45) is 5.92 Å². The van der Waals surface area contributed by atoms with Gasteiger partial charge >= 0.3 is 6.03 Å². The number of benzene rings is 2. The molecule has 4 amide bonds. The topological polar surface area (TPSA) is 90.5 Å². The monoisotopic (exact) mass is 380 g/mol. The second-order valence-corrected chi connectivity index (χ2v) is 6.87. The third kappa shape index (κ3) is 5.09. The third-order valence-electron chi connectivity index (χ3n) is 4.79. The standard InChI is InChI=1S/C21H24N4O3/c1-15-7-9-16(10-8-15)20(27)23-24-21(28)25-13-11-17(12-14-25)19(26)22-18-5-3-2-4-6-18/h2-10,17H,11-14H2,1H3,(H,22,26)(H,23,27)(H,24,28). The number of para-hydroxylation sites is 1. The van der Waals surface area contributed by atoms with E-state index in [4.69, 9.17) is 0 Å². The van der Waals surface area contributed by atoms with Crippen LogP contribution in [-0.4, -0.2) is 35.8 Å². The van der Waals surface area contributed by atoms with E-state index in [1.807, 2.05) is 49.4 Å². The predicted octanol–water partition coefficient (Wildman–Crippen LogP) is 2.70. The number of carbonyl (C=O) groups is 3. The van der Waals surface area contributed by atoms with E-state index in [9.17, 15) is 14.4 Å². The van der Waals surface area contributed by atoms with Crippen molar-refractivity contribution in [2.75, 3.05) is 18.4 Å². The molecule has 1 fully saturated rings. The largest absolute Gasteiger partial charge is 0.336 e. The van der Waals surface area contributed by atoms with Crippen LogP contribution in [0.2, 0.25) is 0 Å². The fourth-order valence-electron chi connectivity index (χ4n) is 3.08. The molecule has 0 unspecified atom stereocenters. The van der Waals surface area contributed by atoms with Crippen LogP contribution in [0.5, 0.6) is 0 Å². The molecular weight excluding hydrogens is 356 g/mol. The number of urea groups is 1. The number of hydrazine groups is 1. The van der Waals surface area contributed by atoms with Crippen LogP contribution >= 0.6 is 0 Å². The maximum Gasteiger partial charge on any atom is 0.336 e. The molecule has 0 bridgehead atoms. The lowest BCUT2D eigenvalue weighted by molar-refractivity contribution is -0.121. The summed E-state index contributed by atoms with van der Waals surface area (Å²) in [5.74, 6) is -0.532. The van der Waals surface area contributed by atoms with E-state index < -0.39 is 0 Å². The lowest BCUT2D eigenvalue weighted by atomic mass is 9.96. The number of aryl methyl sites for hydroxylation is 1. The maximum atomic E-state index is 12.4. The van der Waals surface area contributed by atoms with Gasteiger partial charge in [0.2, 0.25) is 5.91 Å². The van der Waals surface area contributed by atoms with Crippen molar-refractivity contribution in [1.82, 2.24) is 15.8 Å². The third-order valence-corrected chi connectivity index (χ3v) is 4.79. The molecular formula is C21H24N4O3. The SMILES string of the molecule is Cc1ccc(C(=O)NNC(=O)N2CCC(C(=O)Nc3ccccc3)CC2)cc1. The quantitative estimate of drug-likeness (QED) is 0.715. The first-order valence-corrected chi connectivity index (χ1v) is 9.31. The summed E-state index contributed by atoms with van der Waals surface area (Å²) >= 11 is 0. The summed E-state index contributed by atoms with van der Waals surface area (Å²) in [5.41, 5.74) is 7.16. The summed E-state index contributed by atoms with van der Waals surface area (Å²) in [5, 5.41) is 2.90. The van der Waals surface area contributed by atoms with E-state index in [2.05, 4.69) is 16.2 Å². The fraction of sp³-hybridized carbons (Fsp3) is 0.286. The van der Waals surface area contributed by atoms with Crippen LogP contribution < -0.4 is 16.2 Å². The van der Waals surface area contributed by atoms with Gasteiger partial charge in [-0.05, 0) is 44.0 Å². The van der Waals surface area contributed by atoms with Gasteiger partial charge in [-0.25, -0.2) is 10.2 Å². The molecule has 0 saturated carbocycles. The molecule has 2 aromatic carbocycles. The fourth-order valence-corrected chi connectivity index (χ4v) is 3.08. The predicted molar refractivity (Wildman–Crippen MR) is 107 cm³/mol. The molecule has 1 saturated heterocycles. The van der Waals surface area contributed by atoms with Gasteiger partial charge in [-0.2, -0.15) is 0 Å². The Kier molecular flexibility index (Phi) is 6.26. The van der Waals surface area contributed by atoms with Gasteiger partial charge < -0.3 is 10.2 Å². The highest BCUT2D eigenvalue weighted by molar-refractivity contribution is 5.95. The molecule has 7 heteroatoms. The van der Waals surface area contributed by atoms with Crippen LogP contribution in [0, 0.1) is 12.8 Å². The Balaban J connectivity index is 1.42. The summed E-state index contributed by atoms with van der Waals surface area (Å²) in [6.45, 7) is 2.85. The minimum absolute atomic E-state index is 0.0288. The minimum atomic E-state index is -0.373. The van der Waals surface area contributed by atoms with Crippen molar-refractivity contribution in [1.29, 1.82) is 0 Å². The summed E-state index contributed by atoms with van der Waals surface area (Å²) in [4.78, 5) is 38.3. The van der Waals surface area contributed by atoms with Crippen molar-refractivity contribution >= 4 is 23.5 Å². The zero-order valence-electron chi connectivity index (χ0n) is 15.8. The molecule has 1 aliphatic heterocycles. The molecule has 0 aromatic heterocycles. The van der Waals surface area contributed by atoms with Gasteiger partial charge in [0, 0.05) is 30.3 Å². The van der Waals surface area contributed by atoms with Gasteiger partial charge in [0.25, 0.3) is 5.91 Å². The zero-order chi connectivity index (χ0) is 19.9. The number of hydrogen-bond donors (Lipinski definition) is 3. The summed E-state index contributed by atoms with van der Waals surface area (Å²) < 4.78 is 0. The molecule has 1 aliphatic rings. The molecule has 0 atom stereocenters. The average molecular weight is 380 g/mol. The molecule has 0 radical (unpaired) electrons. The van der Waals surface area contributed by atoms with Crippen molar-refractivity contribution in [3.05, 3.63) is 65.7 Å². The number of anilines is 1. The number of amides is 4. The highest BCUT2D eigenvalue weighted by Crippen LogP contribution is 2.19. The van der Waals surface area contributed by atoms with E-state index in [-0.39, 0.29) is 23.8 Å². The Bertz CT molecular complexity index is 828. The number of hydrogen-bond acceptors (Lipinski definition) is 3. The van der Waals surface area contributed by atoms with Crippen LogP contribution in [0.25, 0.3) is 0 Å². The molecule has 3 N–H and O–H groups in total. The second kappa shape index (κ2) is 9.03. The Morgan fingerprint density at radius 1 is 0.893 bits per heavy atom. The molecule has 28 heavy (non-hydrogen) atoms. The summed E-state index contributed by atoms with van der Waals surface area (Å²) in [6, 6.07) is 16.0. The highest BCUT2D eigenvalue weighted by Gasteiger charge is 2.27. The first-order chi connectivity index (χ1) is 13.5. The first-order valence-electron chi connectivity index (χ1n) is 9.31. The first kappa shape index (κ1) is 19.4. The average Bonchev–Trinajstić information content (AvgIpc) is 2.73. The summed E-state index contributed by atoms with van der Waals surface area (Å²) in [7, 11) is 0. The maximum absolute atomic E-state index is 12.4. The van der Waals surface area contributed by atoms with Crippen LogP contribution in [0.4, 0.5) is 10.5 Å². The van der Waals surface area contributed by atoms with Crippen LogP contribution in [0.3, 0.4) is 0 Å². The molecule has 0 aliphatic carbocycles. The molecule has 3 rings (SSSR count). The molecule has 7 nitrogen and oxygen atoms in total. The Morgan fingerprint density at radius 2 is 1.54 bits per heavy atom. The number of nitrogens with zero attached hydrogens (tertiary/aromatic N) is 1. The Morgan fingerprint density at radius 3 is 2.18 bits per heavy atom. The Labute approximate surface area is 164 Å². The van der Waals surface area contributed by atoms with Crippen LogP contribution in [-0.2, 0) is 4.79 Å². The van der Waals surface area contributed by atoms with E-state index >= 15 is 0 Å². The van der Waals surface area contributed by atoms with Gasteiger partial charge in [-0.3, -0.25) is 15.0 Å². The van der Waals surface area contributed by atoms with Gasteiger partial charge in [-0.1, -0.05) is 35.9 Å². The van der Waals surface area contributed by atoms with Crippen molar-refractivity contribution in [2.45, 2.75) is 19.8 Å². The van der Waals surface area contributed by atoms with Gasteiger partial charge in [-0.15, -0.1) is 0 Å². The van der Waals surface area contributed by atoms with Gasteiger partial charge in [0.05, 0.1) is 0 Å². The molecule has 0 spiro atoms. The van der Waals surface area contributed by atoms with Crippen molar-refractivity contribution in [3.63, 3.8) is 0 Å². The lowest BCUT2D eigenvalue weighted by Gasteiger charge is -2.31. The highest BCUT2D eigenvalue weighted by atomic mass is 16.2. The number of carbonyl (C=O) groups excluding carboxylic acids is 3. The van der Waals surface area contributed by atoms with Crippen LogP contribution in [0.1, 0.15) is 28.8 Å². The summed E-state index contributed by atoms with van der Waals surface area (Å²) in [6.07, 6.45) is 1.16. The smallest absolute Gasteiger partial charge is 0.326 e. The van der Waals surface area contributed by atoms with E-state index in [1.165, 1.54) is 0 Å².